The molecule has 0 radical (unpaired) electrons. The molecule has 17 heavy (non-hydrogen) atoms. The van der Waals surface area contributed by atoms with E-state index in [1.54, 1.807) is 6.92 Å². The largest absolute Gasteiger partial charge is 0.345 e. The molecule has 0 saturated carbocycles. The molecule has 0 aliphatic carbocycles. The third-order valence-electron chi connectivity index (χ3n) is 2.68. The normalized spacial score (nSPS) is 10.6. The van der Waals surface area contributed by atoms with Crippen LogP contribution in [0.2, 0.25) is 0 Å². The summed E-state index contributed by atoms with van der Waals surface area (Å²) in [4.78, 5) is 17.4. The lowest BCUT2D eigenvalue weighted by atomic mass is 10.00. The number of hydrogen-bond donors (Lipinski definition) is 1. The van der Waals surface area contributed by atoms with Crippen molar-refractivity contribution in [2.24, 2.45) is 0 Å². The summed E-state index contributed by atoms with van der Waals surface area (Å²) in [7, 11) is 0. The summed E-state index contributed by atoms with van der Waals surface area (Å²) in [6, 6.07) is 3.34. The van der Waals surface area contributed by atoms with E-state index in [9.17, 15) is 9.18 Å². The average molecular weight is 232 g/mol. The van der Waals surface area contributed by atoms with Gasteiger partial charge in [0.05, 0.1) is 5.69 Å². The number of nitrogens with one attached hydrogen (secondary N) is 1. The number of benzene rings is 1. The first kappa shape index (κ1) is 11.5. The number of hydrogen-bond acceptors (Lipinski definition) is 2. The van der Waals surface area contributed by atoms with Crippen molar-refractivity contribution < 1.29 is 4.39 Å². The van der Waals surface area contributed by atoms with E-state index in [4.69, 9.17) is 0 Å². The number of nitrogens with zero attached hydrogens (tertiary/aromatic N) is 1. The van der Waals surface area contributed by atoms with Crippen LogP contribution in [-0.2, 0) is 0 Å². The van der Waals surface area contributed by atoms with Crippen LogP contribution in [0.1, 0.15) is 16.7 Å². The Kier molecular flexibility index (Phi) is 2.79. The second kappa shape index (κ2) is 4.13. The molecular formula is C13H13FN2O. The van der Waals surface area contributed by atoms with Crippen molar-refractivity contribution in [1.29, 1.82) is 0 Å². The summed E-state index contributed by atoms with van der Waals surface area (Å²) in [5.41, 5.74) is 2.87. The van der Waals surface area contributed by atoms with Crippen LogP contribution < -0.4 is 5.69 Å². The summed E-state index contributed by atoms with van der Waals surface area (Å²) in [5.74, 6) is -0.326. The molecule has 1 N–H and O–H groups in total. The van der Waals surface area contributed by atoms with Crippen LogP contribution in [-0.4, -0.2) is 9.97 Å². The molecule has 88 valence electrons. The van der Waals surface area contributed by atoms with Gasteiger partial charge in [-0.15, -0.1) is 0 Å². The van der Waals surface area contributed by atoms with Crippen molar-refractivity contribution in [2.75, 3.05) is 0 Å². The lowest BCUT2D eigenvalue weighted by Crippen LogP contribution is -2.12. The van der Waals surface area contributed by atoms with E-state index in [-0.39, 0.29) is 5.82 Å². The van der Waals surface area contributed by atoms with E-state index in [0.717, 1.165) is 16.7 Å². The second-order valence-electron chi connectivity index (χ2n) is 4.19. The minimum atomic E-state index is -0.468. The lowest BCUT2D eigenvalue weighted by Gasteiger charge is -2.10. The predicted molar refractivity (Wildman–Crippen MR) is 64.5 cm³/mol. The van der Waals surface area contributed by atoms with Crippen molar-refractivity contribution in [2.45, 2.75) is 20.8 Å². The smallest absolute Gasteiger partial charge is 0.305 e. The minimum Gasteiger partial charge on any atom is -0.305 e. The Hall–Kier alpha value is -1.97. The van der Waals surface area contributed by atoms with E-state index in [2.05, 4.69) is 9.97 Å². The molecule has 0 bridgehead atoms. The van der Waals surface area contributed by atoms with Crippen molar-refractivity contribution in [1.82, 2.24) is 9.97 Å². The van der Waals surface area contributed by atoms with Gasteiger partial charge in [-0.05, 0) is 43.5 Å². The molecule has 1 aromatic carbocycles. The zero-order chi connectivity index (χ0) is 12.6. The molecule has 1 heterocycles. The van der Waals surface area contributed by atoms with Gasteiger partial charge < -0.3 is 4.98 Å². The molecule has 0 aliphatic rings. The summed E-state index contributed by atoms with van der Waals surface area (Å²) in [6.45, 7) is 5.45. The fourth-order valence-corrected chi connectivity index (χ4v) is 1.95. The number of aromatic nitrogens is 2. The number of aryl methyl sites for hydroxylation is 3. The Morgan fingerprint density at radius 2 is 1.88 bits per heavy atom. The fraction of sp³-hybridized carbons (Fsp3) is 0.231. The van der Waals surface area contributed by atoms with E-state index < -0.39 is 5.69 Å². The van der Waals surface area contributed by atoms with Crippen LogP contribution in [0.25, 0.3) is 11.3 Å². The molecule has 0 atom stereocenters. The predicted octanol–water partition coefficient (Wildman–Crippen LogP) is 2.50. The molecule has 2 rings (SSSR count). The first-order chi connectivity index (χ1) is 7.99. The number of halogens is 1. The molecule has 4 heteroatoms. The molecule has 0 unspecified atom stereocenters. The maximum atomic E-state index is 14.0. The van der Waals surface area contributed by atoms with Crippen molar-refractivity contribution >= 4 is 0 Å². The van der Waals surface area contributed by atoms with Gasteiger partial charge in [0.1, 0.15) is 5.82 Å². The fourth-order valence-electron chi connectivity index (χ4n) is 1.95. The highest BCUT2D eigenvalue weighted by molar-refractivity contribution is 5.67. The quantitative estimate of drug-likeness (QED) is 0.821. The average Bonchev–Trinajstić information content (AvgIpc) is 2.21. The first-order valence-electron chi connectivity index (χ1n) is 5.32. The highest BCUT2D eigenvalue weighted by atomic mass is 19.1. The van der Waals surface area contributed by atoms with E-state index >= 15 is 0 Å². The summed E-state index contributed by atoms with van der Waals surface area (Å²) in [5, 5.41) is 0. The summed E-state index contributed by atoms with van der Waals surface area (Å²) >= 11 is 0. The third kappa shape index (κ3) is 2.11. The van der Waals surface area contributed by atoms with Crippen LogP contribution in [0.3, 0.4) is 0 Å². The number of aromatic amines is 1. The molecule has 0 fully saturated rings. The van der Waals surface area contributed by atoms with Gasteiger partial charge in [0.25, 0.3) is 0 Å². The third-order valence-corrected chi connectivity index (χ3v) is 2.68. The molecule has 0 saturated heterocycles. The van der Waals surface area contributed by atoms with Crippen LogP contribution in [0.5, 0.6) is 0 Å². The van der Waals surface area contributed by atoms with Gasteiger partial charge in [-0.3, -0.25) is 0 Å². The Labute approximate surface area is 98.3 Å². The van der Waals surface area contributed by atoms with Gasteiger partial charge >= 0.3 is 5.69 Å². The van der Waals surface area contributed by atoms with Crippen molar-refractivity contribution in [3.8, 4) is 11.3 Å². The molecular weight excluding hydrogens is 219 g/mol. The van der Waals surface area contributed by atoms with Crippen LogP contribution >= 0.6 is 0 Å². The number of H-pyrrole nitrogens is 1. The van der Waals surface area contributed by atoms with Gasteiger partial charge in [-0.25, -0.2) is 14.2 Å². The van der Waals surface area contributed by atoms with Gasteiger partial charge in [-0.2, -0.15) is 0 Å². The standard InChI is InChI=1S/C13H13FN2O/c1-7-4-8(2)11(10(14)5-7)12-9(3)6-15-13(17)16-12/h4-6H,1-3H3,(H,15,16,17). The van der Waals surface area contributed by atoms with Crippen LogP contribution in [0, 0.1) is 26.6 Å². The molecule has 0 spiro atoms. The molecule has 3 nitrogen and oxygen atoms in total. The second-order valence-corrected chi connectivity index (χ2v) is 4.19. The maximum absolute atomic E-state index is 14.0. The van der Waals surface area contributed by atoms with Gasteiger partial charge in [0, 0.05) is 11.8 Å². The Balaban J connectivity index is 2.77. The van der Waals surface area contributed by atoms with E-state index in [0.29, 0.717) is 11.3 Å². The van der Waals surface area contributed by atoms with E-state index in [1.165, 1.54) is 12.3 Å². The van der Waals surface area contributed by atoms with Gasteiger partial charge in [0.2, 0.25) is 0 Å². The van der Waals surface area contributed by atoms with Crippen LogP contribution in [0.4, 0.5) is 4.39 Å². The van der Waals surface area contributed by atoms with Gasteiger partial charge in [-0.1, -0.05) is 6.07 Å². The van der Waals surface area contributed by atoms with Crippen molar-refractivity contribution in [3.63, 3.8) is 0 Å². The zero-order valence-corrected chi connectivity index (χ0v) is 9.97. The lowest BCUT2D eigenvalue weighted by molar-refractivity contribution is 0.628. The highest BCUT2D eigenvalue weighted by Crippen LogP contribution is 2.27. The monoisotopic (exact) mass is 232 g/mol. The van der Waals surface area contributed by atoms with Crippen molar-refractivity contribution in [3.05, 3.63) is 51.3 Å². The molecule has 1 aromatic heterocycles. The van der Waals surface area contributed by atoms with Gasteiger partial charge in [0.15, 0.2) is 0 Å². The molecule has 0 amide bonds. The molecule has 0 aliphatic heterocycles. The highest BCUT2D eigenvalue weighted by Gasteiger charge is 2.12. The zero-order valence-electron chi connectivity index (χ0n) is 9.97. The Bertz CT molecular complexity index is 609. The van der Waals surface area contributed by atoms with E-state index in [1.807, 2.05) is 19.9 Å². The summed E-state index contributed by atoms with van der Waals surface area (Å²) < 4.78 is 14.0. The number of rotatable bonds is 1. The Morgan fingerprint density at radius 1 is 1.18 bits per heavy atom. The maximum Gasteiger partial charge on any atom is 0.345 e. The molecule has 2 aromatic rings. The Morgan fingerprint density at radius 3 is 2.53 bits per heavy atom. The summed E-state index contributed by atoms with van der Waals surface area (Å²) in [6.07, 6.45) is 1.45. The van der Waals surface area contributed by atoms with Crippen LogP contribution in [0.15, 0.2) is 23.1 Å². The topological polar surface area (TPSA) is 45.8 Å². The first-order valence-corrected chi connectivity index (χ1v) is 5.32. The SMILES string of the molecule is Cc1cc(C)c(-c2[nH]c(=O)ncc2C)c(F)c1. The minimum absolute atomic E-state index is 0.326.